The number of rotatable bonds is 8. The summed E-state index contributed by atoms with van der Waals surface area (Å²) in [6.07, 6.45) is 10.8. The molecule has 1 saturated carbocycles. The Labute approximate surface area is 163 Å². The van der Waals surface area contributed by atoms with Gasteiger partial charge in [0.15, 0.2) is 5.96 Å². The van der Waals surface area contributed by atoms with E-state index in [1.54, 1.807) is 7.11 Å². The first kappa shape index (κ1) is 19.9. The number of aromatic nitrogens is 1. The summed E-state index contributed by atoms with van der Waals surface area (Å²) >= 11 is 0. The van der Waals surface area contributed by atoms with Crippen molar-refractivity contribution in [2.45, 2.75) is 51.5 Å². The molecule has 1 aromatic rings. The van der Waals surface area contributed by atoms with E-state index in [4.69, 9.17) is 4.74 Å². The van der Waals surface area contributed by atoms with Gasteiger partial charge in [0.25, 0.3) is 0 Å². The molecule has 1 aromatic heterocycles. The fourth-order valence-electron chi connectivity index (χ4n) is 4.05. The smallest absolute Gasteiger partial charge is 0.191 e. The molecule has 0 bridgehead atoms. The number of pyridine rings is 1. The van der Waals surface area contributed by atoms with E-state index < -0.39 is 0 Å². The number of aliphatic imine (C=N–C) groups is 1. The van der Waals surface area contributed by atoms with Gasteiger partial charge in [-0.3, -0.25) is 4.99 Å². The van der Waals surface area contributed by atoms with E-state index in [1.165, 1.54) is 44.1 Å². The lowest BCUT2D eigenvalue weighted by Crippen LogP contribution is -2.46. The largest absolute Gasteiger partial charge is 0.385 e. The number of guanidine groups is 1. The molecule has 0 unspecified atom stereocenters. The molecule has 150 valence electrons. The van der Waals surface area contributed by atoms with Crippen LogP contribution in [0.5, 0.6) is 0 Å². The molecule has 1 aliphatic heterocycles. The molecular formula is C21H35N5O. The Morgan fingerprint density at radius 2 is 2.04 bits per heavy atom. The molecule has 0 atom stereocenters. The molecule has 27 heavy (non-hydrogen) atoms. The van der Waals surface area contributed by atoms with Crippen molar-refractivity contribution in [2.75, 3.05) is 45.3 Å². The Bertz CT molecular complexity index is 608. The fourth-order valence-corrected chi connectivity index (χ4v) is 4.05. The zero-order chi connectivity index (χ0) is 19.0. The highest BCUT2D eigenvalue weighted by molar-refractivity contribution is 5.79. The lowest BCUT2D eigenvalue weighted by molar-refractivity contribution is 0.0732. The molecule has 0 spiro atoms. The van der Waals surface area contributed by atoms with Crippen LogP contribution in [0.1, 0.15) is 50.5 Å². The van der Waals surface area contributed by atoms with Crippen molar-refractivity contribution in [3.63, 3.8) is 0 Å². The molecule has 6 nitrogen and oxygen atoms in total. The van der Waals surface area contributed by atoms with Gasteiger partial charge < -0.3 is 20.3 Å². The third-order valence-electron chi connectivity index (χ3n) is 6.06. The summed E-state index contributed by atoms with van der Waals surface area (Å²) in [7, 11) is 3.62. The standard InChI is InChI=1S/C21H35N5O/c1-22-20(25-17-21(8-6-9-21)10-14-27-2)24-16-18-7-11-23-19(15-18)26-12-4-3-5-13-26/h7,11,15H,3-6,8-10,12-14,16-17H2,1-2H3,(H2,22,24,25). The number of hydrogen-bond acceptors (Lipinski definition) is 4. The number of nitrogens with one attached hydrogen (secondary N) is 2. The van der Waals surface area contributed by atoms with E-state index in [1.807, 2.05) is 13.2 Å². The van der Waals surface area contributed by atoms with Crippen LogP contribution < -0.4 is 15.5 Å². The van der Waals surface area contributed by atoms with E-state index in [-0.39, 0.29) is 0 Å². The Morgan fingerprint density at radius 1 is 1.22 bits per heavy atom. The van der Waals surface area contributed by atoms with Gasteiger partial charge in [0.2, 0.25) is 0 Å². The minimum atomic E-state index is 0.381. The average molecular weight is 374 g/mol. The molecular weight excluding hydrogens is 338 g/mol. The van der Waals surface area contributed by atoms with Gasteiger partial charge in [0, 0.05) is 53.1 Å². The van der Waals surface area contributed by atoms with Gasteiger partial charge in [0.1, 0.15) is 5.82 Å². The van der Waals surface area contributed by atoms with Crippen LogP contribution in [0.2, 0.25) is 0 Å². The maximum atomic E-state index is 5.29. The van der Waals surface area contributed by atoms with Crippen molar-refractivity contribution in [1.29, 1.82) is 0 Å². The first-order valence-corrected chi connectivity index (χ1v) is 10.4. The normalized spacial score (nSPS) is 19.5. The predicted molar refractivity (Wildman–Crippen MR) is 111 cm³/mol. The Kier molecular flexibility index (Phi) is 7.33. The van der Waals surface area contributed by atoms with Gasteiger partial charge in [0.05, 0.1) is 0 Å². The molecule has 1 aliphatic carbocycles. The average Bonchev–Trinajstić information content (AvgIpc) is 2.70. The van der Waals surface area contributed by atoms with Gasteiger partial charge in [-0.25, -0.2) is 4.98 Å². The van der Waals surface area contributed by atoms with Crippen LogP contribution in [0.25, 0.3) is 0 Å². The molecule has 2 N–H and O–H groups in total. The number of methoxy groups -OCH3 is 1. The van der Waals surface area contributed by atoms with Crippen LogP contribution in [0, 0.1) is 5.41 Å². The summed E-state index contributed by atoms with van der Waals surface area (Å²) in [5.41, 5.74) is 1.62. The molecule has 2 heterocycles. The van der Waals surface area contributed by atoms with Crippen molar-refractivity contribution in [3.05, 3.63) is 23.9 Å². The second-order valence-electron chi connectivity index (χ2n) is 7.95. The topological polar surface area (TPSA) is 61.8 Å². The summed E-state index contributed by atoms with van der Waals surface area (Å²) in [6.45, 7) is 4.80. The zero-order valence-electron chi connectivity index (χ0n) is 17.0. The summed E-state index contributed by atoms with van der Waals surface area (Å²) in [4.78, 5) is 11.4. The summed E-state index contributed by atoms with van der Waals surface area (Å²) < 4.78 is 5.29. The van der Waals surface area contributed by atoms with Crippen molar-refractivity contribution >= 4 is 11.8 Å². The van der Waals surface area contributed by atoms with Crippen molar-refractivity contribution < 1.29 is 4.74 Å². The number of anilines is 1. The second-order valence-corrected chi connectivity index (χ2v) is 7.95. The van der Waals surface area contributed by atoms with Crippen LogP contribution in [0.4, 0.5) is 5.82 Å². The minimum Gasteiger partial charge on any atom is -0.385 e. The molecule has 0 radical (unpaired) electrons. The third-order valence-corrected chi connectivity index (χ3v) is 6.06. The summed E-state index contributed by atoms with van der Waals surface area (Å²) in [5.74, 6) is 1.97. The van der Waals surface area contributed by atoms with E-state index in [9.17, 15) is 0 Å². The Balaban J connectivity index is 1.49. The lowest BCUT2D eigenvalue weighted by atomic mass is 9.67. The summed E-state index contributed by atoms with van der Waals surface area (Å²) in [6, 6.07) is 4.29. The first-order chi connectivity index (χ1) is 13.2. The van der Waals surface area contributed by atoms with E-state index in [0.29, 0.717) is 5.41 Å². The highest BCUT2D eigenvalue weighted by atomic mass is 16.5. The lowest BCUT2D eigenvalue weighted by Gasteiger charge is -2.42. The Morgan fingerprint density at radius 3 is 2.70 bits per heavy atom. The molecule has 2 fully saturated rings. The SMILES string of the molecule is CN=C(NCc1ccnc(N2CCCCC2)c1)NCC1(CCOC)CCC1. The third kappa shape index (κ3) is 5.58. The van der Waals surface area contributed by atoms with Crippen LogP contribution >= 0.6 is 0 Å². The molecule has 0 amide bonds. The molecule has 3 rings (SSSR count). The highest BCUT2D eigenvalue weighted by Crippen LogP contribution is 2.43. The predicted octanol–water partition coefficient (Wildman–Crippen LogP) is 2.94. The van der Waals surface area contributed by atoms with Gasteiger partial charge >= 0.3 is 0 Å². The molecule has 0 aromatic carbocycles. The quantitative estimate of drug-likeness (QED) is 0.542. The minimum absolute atomic E-state index is 0.381. The number of hydrogen-bond donors (Lipinski definition) is 2. The zero-order valence-corrected chi connectivity index (χ0v) is 17.0. The number of nitrogens with zero attached hydrogens (tertiary/aromatic N) is 3. The van der Waals surface area contributed by atoms with E-state index >= 15 is 0 Å². The van der Waals surface area contributed by atoms with Gasteiger partial charge in [-0.05, 0) is 61.6 Å². The highest BCUT2D eigenvalue weighted by Gasteiger charge is 2.36. The maximum absolute atomic E-state index is 5.29. The number of ether oxygens (including phenoxy) is 1. The Hall–Kier alpha value is -1.82. The van der Waals surface area contributed by atoms with E-state index in [0.717, 1.165) is 51.0 Å². The summed E-state index contributed by atoms with van der Waals surface area (Å²) in [5, 5.41) is 6.98. The second kappa shape index (κ2) is 9.93. The maximum Gasteiger partial charge on any atom is 0.191 e. The fraction of sp³-hybridized carbons (Fsp3) is 0.714. The van der Waals surface area contributed by atoms with Gasteiger partial charge in [-0.2, -0.15) is 0 Å². The first-order valence-electron chi connectivity index (χ1n) is 10.4. The molecule has 1 saturated heterocycles. The molecule has 6 heteroatoms. The van der Waals surface area contributed by atoms with Crippen LogP contribution in [0.15, 0.2) is 23.3 Å². The van der Waals surface area contributed by atoms with Crippen LogP contribution in [0.3, 0.4) is 0 Å². The van der Waals surface area contributed by atoms with Gasteiger partial charge in [-0.1, -0.05) is 6.42 Å². The van der Waals surface area contributed by atoms with Crippen molar-refractivity contribution in [3.8, 4) is 0 Å². The number of piperidine rings is 1. The van der Waals surface area contributed by atoms with Crippen molar-refractivity contribution in [1.82, 2.24) is 15.6 Å². The van der Waals surface area contributed by atoms with E-state index in [2.05, 4.69) is 37.6 Å². The van der Waals surface area contributed by atoms with Crippen molar-refractivity contribution in [2.24, 2.45) is 10.4 Å². The van der Waals surface area contributed by atoms with Crippen LogP contribution in [-0.2, 0) is 11.3 Å². The van der Waals surface area contributed by atoms with Crippen LogP contribution in [-0.4, -0.2) is 51.3 Å². The molecule has 2 aliphatic rings. The van der Waals surface area contributed by atoms with Gasteiger partial charge in [-0.15, -0.1) is 0 Å². The monoisotopic (exact) mass is 373 g/mol.